The van der Waals surface area contributed by atoms with Gasteiger partial charge in [0.25, 0.3) is 0 Å². The summed E-state index contributed by atoms with van der Waals surface area (Å²) in [5.74, 6) is 0.748. The fourth-order valence-electron chi connectivity index (χ4n) is 2.02. The van der Waals surface area contributed by atoms with Crippen LogP contribution in [0.2, 0.25) is 5.02 Å². The molecule has 0 aliphatic heterocycles. The van der Waals surface area contributed by atoms with E-state index in [0.717, 1.165) is 16.9 Å². The van der Waals surface area contributed by atoms with Crippen LogP contribution in [-0.2, 0) is 12.8 Å². The zero-order valence-electron chi connectivity index (χ0n) is 10.7. The first-order chi connectivity index (χ1) is 9.19. The van der Waals surface area contributed by atoms with Gasteiger partial charge in [-0.15, -0.1) is 0 Å². The number of halogens is 1. The molecule has 1 atom stereocenters. The maximum atomic E-state index is 10.1. The molecular formula is C15H16ClNO2. The highest BCUT2D eigenvalue weighted by Crippen LogP contribution is 2.24. The second-order valence-electron chi connectivity index (χ2n) is 4.37. The minimum Gasteiger partial charge on any atom is -0.496 e. The first-order valence-electron chi connectivity index (χ1n) is 6.08. The number of rotatable bonds is 5. The zero-order chi connectivity index (χ0) is 13.7. The number of aliphatic hydroxyl groups excluding tert-OH is 1. The summed E-state index contributed by atoms with van der Waals surface area (Å²) in [6.07, 6.45) is 4.06. The second-order valence-corrected chi connectivity index (χ2v) is 4.81. The number of hydrogen-bond acceptors (Lipinski definition) is 3. The van der Waals surface area contributed by atoms with Gasteiger partial charge in [-0.25, -0.2) is 0 Å². The third kappa shape index (κ3) is 3.94. The van der Waals surface area contributed by atoms with Crippen molar-refractivity contribution in [1.29, 1.82) is 0 Å². The quantitative estimate of drug-likeness (QED) is 0.914. The minimum absolute atomic E-state index is 0.477. The maximum Gasteiger partial charge on any atom is 0.122 e. The van der Waals surface area contributed by atoms with Gasteiger partial charge in [-0.2, -0.15) is 0 Å². The molecule has 0 amide bonds. The lowest BCUT2D eigenvalue weighted by atomic mass is 10.0. The molecule has 3 nitrogen and oxygen atoms in total. The predicted octanol–water partition coefficient (Wildman–Crippen LogP) is 2.89. The average molecular weight is 278 g/mol. The maximum absolute atomic E-state index is 10.1. The highest BCUT2D eigenvalue weighted by molar-refractivity contribution is 6.30. The van der Waals surface area contributed by atoms with Crippen LogP contribution in [0.5, 0.6) is 5.75 Å². The lowest BCUT2D eigenvalue weighted by Crippen LogP contribution is -2.14. The van der Waals surface area contributed by atoms with Crippen LogP contribution in [0.4, 0.5) is 0 Å². The SMILES string of the molecule is COc1ccc(Cl)cc1CC(O)Cc1ccncc1. The summed E-state index contributed by atoms with van der Waals surface area (Å²) < 4.78 is 5.27. The minimum atomic E-state index is -0.477. The molecule has 19 heavy (non-hydrogen) atoms. The molecule has 2 rings (SSSR count). The Morgan fingerprint density at radius 2 is 1.95 bits per heavy atom. The monoisotopic (exact) mass is 277 g/mol. The van der Waals surface area contributed by atoms with Crippen LogP contribution in [0.3, 0.4) is 0 Å². The van der Waals surface area contributed by atoms with Crippen molar-refractivity contribution in [1.82, 2.24) is 4.98 Å². The number of nitrogens with zero attached hydrogens (tertiary/aromatic N) is 1. The van der Waals surface area contributed by atoms with Crippen molar-refractivity contribution in [2.75, 3.05) is 7.11 Å². The van der Waals surface area contributed by atoms with Crippen molar-refractivity contribution in [2.24, 2.45) is 0 Å². The fourth-order valence-corrected chi connectivity index (χ4v) is 2.22. The van der Waals surface area contributed by atoms with Gasteiger partial charge in [-0.05, 0) is 47.9 Å². The molecule has 1 N–H and O–H groups in total. The van der Waals surface area contributed by atoms with E-state index < -0.39 is 6.10 Å². The summed E-state index contributed by atoms with van der Waals surface area (Å²) in [5.41, 5.74) is 1.97. The molecule has 4 heteroatoms. The molecule has 0 aliphatic carbocycles. The number of hydrogen-bond donors (Lipinski definition) is 1. The van der Waals surface area contributed by atoms with Gasteiger partial charge < -0.3 is 9.84 Å². The topological polar surface area (TPSA) is 42.4 Å². The number of aliphatic hydroxyl groups is 1. The molecule has 0 saturated heterocycles. The predicted molar refractivity (Wildman–Crippen MR) is 75.7 cm³/mol. The van der Waals surface area contributed by atoms with E-state index in [2.05, 4.69) is 4.98 Å². The molecule has 100 valence electrons. The van der Waals surface area contributed by atoms with Crippen LogP contribution in [0, 0.1) is 0 Å². The van der Waals surface area contributed by atoms with E-state index in [4.69, 9.17) is 16.3 Å². The molecule has 0 bridgehead atoms. The average Bonchev–Trinajstić information content (AvgIpc) is 2.40. The van der Waals surface area contributed by atoms with E-state index in [1.54, 1.807) is 25.6 Å². The van der Waals surface area contributed by atoms with Crippen molar-refractivity contribution in [3.8, 4) is 5.75 Å². The molecule has 0 aliphatic rings. The van der Waals surface area contributed by atoms with Gasteiger partial charge in [0.2, 0.25) is 0 Å². The van der Waals surface area contributed by atoms with E-state index in [1.165, 1.54) is 0 Å². The molecule has 0 fully saturated rings. The molecule has 1 aromatic heterocycles. The van der Waals surface area contributed by atoms with Crippen LogP contribution < -0.4 is 4.74 Å². The van der Waals surface area contributed by atoms with Gasteiger partial charge in [0.15, 0.2) is 0 Å². The highest BCUT2D eigenvalue weighted by Gasteiger charge is 2.11. The molecular weight excluding hydrogens is 262 g/mol. The number of pyridine rings is 1. The number of ether oxygens (including phenoxy) is 1. The van der Waals surface area contributed by atoms with Crippen molar-refractivity contribution in [3.63, 3.8) is 0 Å². The van der Waals surface area contributed by atoms with Gasteiger partial charge in [0.1, 0.15) is 5.75 Å². The second kappa shape index (κ2) is 6.55. The van der Waals surface area contributed by atoms with Crippen molar-refractivity contribution >= 4 is 11.6 Å². The fraction of sp³-hybridized carbons (Fsp3) is 0.267. The molecule has 0 spiro atoms. The largest absolute Gasteiger partial charge is 0.496 e. The molecule has 1 heterocycles. The Balaban J connectivity index is 2.06. The van der Waals surface area contributed by atoms with Crippen LogP contribution in [0.25, 0.3) is 0 Å². The van der Waals surface area contributed by atoms with Crippen LogP contribution in [-0.4, -0.2) is 23.3 Å². The van der Waals surface area contributed by atoms with E-state index in [1.807, 2.05) is 24.3 Å². The van der Waals surface area contributed by atoms with Gasteiger partial charge in [-0.3, -0.25) is 4.98 Å². The van der Waals surface area contributed by atoms with E-state index in [-0.39, 0.29) is 0 Å². The summed E-state index contributed by atoms with van der Waals surface area (Å²) in [5, 5.41) is 10.8. The molecule has 1 unspecified atom stereocenters. The molecule has 1 aromatic carbocycles. The Morgan fingerprint density at radius 3 is 2.63 bits per heavy atom. The van der Waals surface area contributed by atoms with Crippen molar-refractivity contribution in [3.05, 3.63) is 58.9 Å². The van der Waals surface area contributed by atoms with Gasteiger partial charge in [0.05, 0.1) is 13.2 Å². The summed E-state index contributed by atoms with van der Waals surface area (Å²) in [4.78, 5) is 3.96. The van der Waals surface area contributed by atoms with Crippen molar-refractivity contribution < 1.29 is 9.84 Å². The Morgan fingerprint density at radius 1 is 1.21 bits per heavy atom. The summed E-state index contributed by atoms with van der Waals surface area (Å²) >= 11 is 5.97. The normalized spacial score (nSPS) is 12.2. The lowest BCUT2D eigenvalue weighted by Gasteiger charge is -2.13. The zero-order valence-corrected chi connectivity index (χ0v) is 11.5. The molecule has 0 saturated carbocycles. The Labute approximate surface area is 117 Å². The van der Waals surface area contributed by atoms with Gasteiger partial charge in [-0.1, -0.05) is 11.6 Å². The van der Waals surface area contributed by atoms with E-state index in [0.29, 0.717) is 17.9 Å². The smallest absolute Gasteiger partial charge is 0.122 e. The first kappa shape index (κ1) is 13.8. The summed E-state index contributed by atoms with van der Waals surface area (Å²) in [6, 6.07) is 9.23. The first-order valence-corrected chi connectivity index (χ1v) is 6.46. The van der Waals surface area contributed by atoms with Crippen LogP contribution in [0.1, 0.15) is 11.1 Å². The van der Waals surface area contributed by atoms with Gasteiger partial charge in [0, 0.05) is 23.8 Å². The Kier molecular flexibility index (Phi) is 4.77. The Bertz CT molecular complexity index is 531. The van der Waals surface area contributed by atoms with E-state index in [9.17, 15) is 5.11 Å². The lowest BCUT2D eigenvalue weighted by molar-refractivity contribution is 0.174. The summed E-state index contributed by atoms with van der Waals surface area (Å²) in [7, 11) is 1.61. The molecule has 2 aromatic rings. The van der Waals surface area contributed by atoms with E-state index >= 15 is 0 Å². The third-order valence-corrected chi connectivity index (χ3v) is 3.15. The number of methoxy groups -OCH3 is 1. The number of benzene rings is 1. The standard InChI is InChI=1S/C15H16ClNO2/c1-19-15-3-2-13(16)9-12(15)10-14(18)8-11-4-6-17-7-5-11/h2-7,9,14,18H,8,10H2,1H3. The Hall–Kier alpha value is -1.58. The highest BCUT2D eigenvalue weighted by atomic mass is 35.5. The molecule has 0 radical (unpaired) electrons. The van der Waals surface area contributed by atoms with Gasteiger partial charge >= 0.3 is 0 Å². The van der Waals surface area contributed by atoms with Crippen LogP contribution >= 0.6 is 11.6 Å². The number of aromatic nitrogens is 1. The van der Waals surface area contributed by atoms with Crippen LogP contribution in [0.15, 0.2) is 42.7 Å². The summed E-state index contributed by atoms with van der Waals surface area (Å²) in [6.45, 7) is 0. The third-order valence-electron chi connectivity index (χ3n) is 2.92. The van der Waals surface area contributed by atoms with Crippen molar-refractivity contribution in [2.45, 2.75) is 18.9 Å².